The van der Waals surface area contributed by atoms with Gasteiger partial charge >= 0.3 is 5.97 Å². The zero-order valence-electron chi connectivity index (χ0n) is 8.47. The van der Waals surface area contributed by atoms with Crippen molar-refractivity contribution in [1.29, 1.82) is 0 Å². The number of carboxylic acids is 1. The van der Waals surface area contributed by atoms with Crippen molar-refractivity contribution in [3.63, 3.8) is 0 Å². The van der Waals surface area contributed by atoms with Crippen LogP contribution >= 0.6 is 0 Å². The summed E-state index contributed by atoms with van der Waals surface area (Å²) in [5, 5.41) is 12.4. The summed E-state index contributed by atoms with van der Waals surface area (Å²) in [5.74, 6) is -0.293. The number of nitrogens with one attached hydrogen (secondary N) is 1. The van der Waals surface area contributed by atoms with Crippen molar-refractivity contribution < 1.29 is 9.90 Å². The van der Waals surface area contributed by atoms with Gasteiger partial charge in [0.2, 0.25) is 0 Å². The molecule has 76 valence electrons. The minimum atomic E-state index is -0.637. The number of carboxylic acid groups (broad SMARTS) is 1. The molecule has 0 saturated carbocycles. The van der Waals surface area contributed by atoms with E-state index >= 15 is 0 Å². The van der Waals surface area contributed by atoms with Crippen molar-refractivity contribution >= 4 is 5.97 Å². The fourth-order valence-corrected chi connectivity index (χ4v) is 2.07. The van der Waals surface area contributed by atoms with Crippen LogP contribution in [0.4, 0.5) is 0 Å². The van der Waals surface area contributed by atoms with E-state index in [1.165, 1.54) is 0 Å². The molecule has 0 aromatic heterocycles. The number of hydrogen-bond acceptors (Lipinski definition) is 2. The maximum Gasteiger partial charge on any atom is 0.309 e. The molecule has 1 rings (SSSR count). The molecule has 0 radical (unpaired) electrons. The molecule has 13 heavy (non-hydrogen) atoms. The molecule has 1 heterocycles. The standard InChI is InChI=1S/C10H19NO2/c1-3-10(2,9(12)13)8-4-6-11-7-5-8/h8,11H,3-7H2,1-2H3,(H,12,13). The monoisotopic (exact) mass is 185 g/mol. The van der Waals surface area contributed by atoms with Crippen LogP contribution in [0.2, 0.25) is 0 Å². The van der Waals surface area contributed by atoms with E-state index in [-0.39, 0.29) is 0 Å². The van der Waals surface area contributed by atoms with Gasteiger partial charge in [0.05, 0.1) is 5.41 Å². The van der Waals surface area contributed by atoms with Crippen LogP contribution in [0.3, 0.4) is 0 Å². The van der Waals surface area contributed by atoms with Crippen molar-refractivity contribution in [3.8, 4) is 0 Å². The Hall–Kier alpha value is -0.570. The lowest BCUT2D eigenvalue weighted by molar-refractivity contribution is -0.152. The van der Waals surface area contributed by atoms with Crippen molar-refractivity contribution in [2.24, 2.45) is 11.3 Å². The number of piperidine rings is 1. The molecule has 3 nitrogen and oxygen atoms in total. The van der Waals surface area contributed by atoms with Crippen LogP contribution in [0.5, 0.6) is 0 Å². The summed E-state index contributed by atoms with van der Waals surface area (Å²) >= 11 is 0. The Morgan fingerprint density at radius 2 is 2.08 bits per heavy atom. The zero-order chi connectivity index (χ0) is 9.90. The van der Waals surface area contributed by atoms with E-state index < -0.39 is 11.4 Å². The van der Waals surface area contributed by atoms with Crippen LogP contribution in [-0.4, -0.2) is 24.2 Å². The predicted octanol–water partition coefficient (Wildman–Crippen LogP) is 1.49. The lowest BCUT2D eigenvalue weighted by Gasteiger charge is -2.35. The highest BCUT2D eigenvalue weighted by Crippen LogP contribution is 2.36. The average molecular weight is 185 g/mol. The molecular weight excluding hydrogens is 166 g/mol. The molecular formula is C10H19NO2. The van der Waals surface area contributed by atoms with Gasteiger partial charge in [0.1, 0.15) is 0 Å². The average Bonchev–Trinajstić information content (AvgIpc) is 2.17. The molecule has 1 unspecified atom stereocenters. The Labute approximate surface area is 79.5 Å². The van der Waals surface area contributed by atoms with Crippen LogP contribution in [0.1, 0.15) is 33.1 Å². The molecule has 1 saturated heterocycles. The van der Waals surface area contributed by atoms with Crippen LogP contribution in [0.25, 0.3) is 0 Å². The van der Waals surface area contributed by atoms with Crippen LogP contribution < -0.4 is 5.32 Å². The van der Waals surface area contributed by atoms with E-state index in [4.69, 9.17) is 5.11 Å². The summed E-state index contributed by atoms with van der Waals surface area (Å²) in [5.41, 5.74) is -0.512. The molecule has 0 aromatic carbocycles. The van der Waals surface area contributed by atoms with Gasteiger partial charge in [0.15, 0.2) is 0 Å². The largest absolute Gasteiger partial charge is 0.481 e. The third-order valence-electron chi connectivity index (χ3n) is 3.46. The molecule has 1 fully saturated rings. The first-order valence-corrected chi connectivity index (χ1v) is 5.05. The van der Waals surface area contributed by atoms with Gasteiger partial charge in [-0.05, 0) is 45.2 Å². The van der Waals surface area contributed by atoms with E-state index in [0.717, 1.165) is 32.4 Å². The van der Waals surface area contributed by atoms with E-state index in [9.17, 15) is 4.79 Å². The van der Waals surface area contributed by atoms with Gasteiger partial charge < -0.3 is 10.4 Å². The van der Waals surface area contributed by atoms with Crippen LogP contribution in [0, 0.1) is 11.3 Å². The minimum absolute atomic E-state index is 0.344. The quantitative estimate of drug-likeness (QED) is 0.700. The maximum absolute atomic E-state index is 11.1. The Balaban J connectivity index is 2.68. The van der Waals surface area contributed by atoms with Gasteiger partial charge in [-0.1, -0.05) is 6.92 Å². The summed E-state index contributed by atoms with van der Waals surface area (Å²) in [6.07, 6.45) is 2.72. The van der Waals surface area contributed by atoms with Crippen LogP contribution in [0.15, 0.2) is 0 Å². The second-order valence-corrected chi connectivity index (χ2v) is 4.10. The van der Waals surface area contributed by atoms with Crippen LogP contribution in [-0.2, 0) is 4.79 Å². The Morgan fingerprint density at radius 3 is 2.46 bits per heavy atom. The highest BCUT2D eigenvalue weighted by Gasteiger charge is 2.39. The second-order valence-electron chi connectivity index (χ2n) is 4.10. The van der Waals surface area contributed by atoms with E-state index in [1.54, 1.807) is 0 Å². The Kier molecular flexibility index (Phi) is 3.31. The minimum Gasteiger partial charge on any atom is -0.481 e. The molecule has 1 aliphatic heterocycles. The fraction of sp³-hybridized carbons (Fsp3) is 0.900. The summed E-state index contributed by atoms with van der Waals surface area (Å²) in [6, 6.07) is 0. The fourth-order valence-electron chi connectivity index (χ4n) is 2.07. The lowest BCUT2D eigenvalue weighted by atomic mass is 9.71. The van der Waals surface area contributed by atoms with Gasteiger partial charge in [-0.3, -0.25) is 4.79 Å². The van der Waals surface area contributed by atoms with Gasteiger partial charge in [-0.15, -0.1) is 0 Å². The number of aliphatic carboxylic acids is 1. The highest BCUT2D eigenvalue weighted by molar-refractivity contribution is 5.74. The van der Waals surface area contributed by atoms with Gasteiger partial charge in [-0.25, -0.2) is 0 Å². The summed E-state index contributed by atoms with van der Waals surface area (Å²) in [4.78, 5) is 11.1. The van der Waals surface area contributed by atoms with Gasteiger partial charge in [0.25, 0.3) is 0 Å². The first-order valence-electron chi connectivity index (χ1n) is 5.05. The summed E-state index contributed by atoms with van der Waals surface area (Å²) in [7, 11) is 0. The zero-order valence-corrected chi connectivity index (χ0v) is 8.47. The Morgan fingerprint density at radius 1 is 1.54 bits per heavy atom. The molecule has 0 amide bonds. The first kappa shape index (κ1) is 10.5. The topological polar surface area (TPSA) is 49.3 Å². The molecule has 0 spiro atoms. The maximum atomic E-state index is 11.1. The summed E-state index contributed by atoms with van der Waals surface area (Å²) < 4.78 is 0. The van der Waals surface area contributed by atoms with E-state index in [1.807, 2.05) is 13.8 Å². The number of hydrogen-bond donors (Lipinski definition) is 2. The number of rotatable bonds is 3. The molecule has 1 aliphatic rings. The first-order chi connectivity index (χ1) is 6.11. The third-order valence-corrected chi connectivity index (χ3v) is 3.46. The second kappa shape index (κ2) is 4.09. The SMILES string of the molecule is CCC(C)(C(=O)O)C1CCNCC1. The van der Waals surface area contributed by atoms with E-state index in [0.29, 0.717) is 5.92 Å². The number of carbonyl (C=O) groups is 1. The Bertz CT molecular complexity index is 187. The molecule has 0 bridgehead atoms. The molecule has 1 atom stereocenters. The van der Waals surface area contributed by atoms with Crippen molar-refractivity contribution in [1.82, 2.24) is 5.32 Å². The van der Waals surface area contributed by atoms with E-state index in [2.05, 4.69) is 5.32 Å². The lowest BCUT2D eigenvalue weighted by Crippen LogP contribution is -2.41. The molecule has 0 aliphatic carbocycles. The summed E-state index contributed by atoms with van der Waals surface area (Å²) in [6.45, 7) is 5.78. The predicted molar refractivity (Wildman–Crippen MR) is 51.6 cm³/mol. The molecule has 2 N–H and O–H groups in total. The van der Waals surface area contributed by atoms with Crippen molar-refractivity contribution in [2.75, 3.05) is 13.1 Å². The molecule has 3 heteroatoms. The van der Waals surface area contributed by atoms with Gasteiger partial charge in [-0.2, -0.15) is 0 Å². The van der Waals surface area contributed by atoms with Crippen molar-refractivity contribution in [2.45, 2.75) is 33.1 Å². The molecule has 0 aromatic rings. The van der Waals surface area contributed by atoms with Crippen molar-refractivity contribution in [3.05, 3.63) is 0 Å². The third kappa shape index (κ3) is 2.02. The normalized spacial score (nSPS) is 23.8. The smallest absolute Gasteiger partial charge is 0.309 e. The van der Waals surface area contributed by atoms with Gasteiger partial charge in [0, 0.05) is 0 Å². The highest BCUT2D eigenvalue weighted by atomic mass is 16.4.